The number of nitrogens with one attached hydrogen (secondary N) is 1. The predicted octanol–water partition coefficient (Wildman–Crippen LogP) is 6.03. The summed E-state index contributed by atoms with van der Waals surface area (Å²) in [5, 5.41) is 12.9. The van der Waals surface area contributed by atoms with Gasteiger partial charge in [-0.15, -0.1) is 0 Å². The molecule has 0 aliphatic carbocycles. The lowest BCUT2D eigenvalue weighted by atomic mass is 10.1. The highest BCUT2D eigenvalue weighted by Crippen LogP contribution is 2.42. The first kappa shape index (κ1) is 25.4. The predicted molar refractivity (Wildman–Crippen MR) is 144 cm³/mol. The molecular formula is C28H24ClN3O3S. The van der Waals surface area contributed by atoms with Gasteiger partial charge in [0.05, 0.1) is 23.1 Å². The molecule has 4 rings (SSSR count). The van der Waals surface area contributed by atoms with Crippen molar-refractivity contribution < 1.29 is 14.3 Å². The maximum Gasteiger partial charge on any atom is 0.269 e. The number of thioether (sulfide) groups is 1. The number of benzene rings is 3. The van der Waals surface area contributed by atoms with E-state index in [0.29, 0.717) is 33.6 Å². The van der Waals surface area contributed by atoms with Crippen LogP contribution in [0.2, 0.25) is 5.02 Å². The Kier molecular flexibility index (Phi) is 7.68. The Hall–Kier alpha value is -3.73. The third-order valence-corrected chi connectivity index (χ3v) is 7.52. The van der Waals surface area contributed by atoms with E-state index in [1.807, 2.05) is 62.4 Å². The second kappa shape index (κ2) is 10.9. The summed E-state index contributed by atoms with van der Waals surface area (Å²) >= 11 is 7.42. The van der Waals surface area contributed by atoms with E-state index < -0.39 is 11.2 Å². The number of methoxy groups -OCH3 is 1. The maximum atomic E-state index is 13.7. The van der Waals surface area contributed by atoms with Gasteiger partial charge in [-0.2, -0.15) is 5.26 Å². The zero-order valence-corrected chi connectivity index (χ0v) is 21.6. The number of ether oxygens (including phenoxy) is 1. The Morgan fingerprint density at radius 2 is 1.89 bits per heavy atom. The number of para-hydroxylation sites is 1. The molecule has 3 aromatic rings. The van der Waals surface area contributed by atoms with Crippen molar-refractivity contribution in [2.24, 2.45) is 0 Å². The molecule has 6 nitrogen and oxygen atoms in total. The largest absolute Gasteiger partial charge is 0.497 e. The standard InChI is InChI=1S/C28H24ClN3O3S/c1-17-11-12-20(13-18(17)2)32-27(34)25(15-19-7-6-8-21(14-19)35-3)36-28(32)22(16-30)26(33)31-24-10-5-4-9-23(24)29/h4-14,25H,15H2,1-3H3,(H,31,33)/b28-22-. The third kappa shape index (κ3) is 5.25. The van der Waals surface area contributed by atoms with E-state index in [2.05, 4.69) is 5.32 Å². The molecule has 1 atom stereocenters. The lowest BCUT2D eigenvalue weighted by Gasteiger charge is -2.20. The van der Waals surface area contributed by atoms with Crippen LogP contribution in [-0.4, -0.2) is 24.2 Å². The van der Waals surface area contributed by atoms with Crippen LogP contribution in [0.5, 0.6) is 5.75 Å². The van der Waals surface area contributed by atoms with E-state index in [-0.39, 0.29) is 11.5 Å². The van der Waals surface area contributed by atoms with Gasteiger partial charge < -0.3 is 10.1 Å². The maximum absolute atomic E-state index is 13.7. The number of anilines is 2. The lowest BCUT2D eigenvalue weighted by molar-refractivity contribution is -0.117. The van der Waals surface area contributed by atoms with Crippen LogP contribution < -0.4 is 15.0 Å². The van der Waals surface area contributed by atoms with Crippen LogP contribution >= 0.6 is 23.4 Å². The second-order valence-corrected chi connectivity index (χ2v) is 9.93. The van der Waals surface area contributed by atoms with Gasteiger partial charge in [0.15, 0.2) is 0 Å². The highest BCUT2D eigenvalue weighted by Gasteiger charge is 2.41. The molecule has 0 bridgehead atoms. The number of nitriles is 1. The summed E-state index contributed by atoms with van der Waals surface area (Å²) in [6.07, 6.45) is 0.413. The number of hydrogen-bond donors (Lipinski definition) is 1. The van der Waals surface area contributed by atoms with E-state index in [1.165, 1.54) is 16.7 Å². The van der Waals surface area contributed by atoms with Crippen LogP contribution in [0, 0.1) is 25.2 Å². The molecule has 0 saturated carbocycles. The fourth-order valence-corrected chi connectivity index (χ4v) is 5.34. The zero-order chi connectivity index (χ0) is 25.8. The number of carbonyl (C=O) groups is 2. The third-order valence-electron chi connectivity index (χ3n) is 5.93. The number of hydrogen-bond acceptors (Lipinski definition) is 5. The number of aryl methyl sites for hydroxylation is 2. The highest BCUT2D eigenvalue weighted by atomic mass is 35.5. The van der Waals surface area contributed by atoms with Crippen LogP contribution in [0.25, 0.3) is 0 Å². The van der Waals surface area contributed by atoms with Gasteiger partial charge in [0, 0.05) is 5.69 Å². The van der Waals surface area contributed by atoms with Gasteiger partial charge in [-0.1, -0.05) is 53.7 Å². The molecule has 1 heterocycles. The summed E-state index contributed by atoms with van der Waals surface area (Å²) in [4.78, 5) is 28.4. The molecule has 3 aromatic carbocycles. The Morgan fingerprint density at radius 3 is 2.58 bits per heavy atom. The molecule has 8 heteroatoms. The summed E-state index contributed by atoms with van der Waals surface area (Å²) in [5.41, 5.74) is 3.84. The van der Waals surface area contributed by atoms with Crippen LogP contribution in [0.15, 0.2) is 77.3 Å². The average molecular weight is 518 g/mol. The minimum absolute atomic E-state index is 0.153. The Morgan fingerprint density at radius 1 is 1.11 bits per heavy atom. The molecule has 182 valence electrons. The zero-order valence-electron chi connectivity index (χ0n) is 20.0. The molecule has 1 fully saturated rings. The molecule has 1 N–H and O–H groups in total. The van der Waals surface area contributed by atoms with E-state index >= 15 is 0 Å². The van der Waals surface area contributed by atoms with E-state index in [9.17, 15) is 14.9 Å². The smallest absolute Gasteiger partial charge is 0.269 e. The summed E-state index contributed by atoms with van der Waals surface area (Å²) in [5.74, 6) is -0.127. The number of rotatable bonds is 6. The van der Waals surface area contributed by atoms with Crippen molar-refractivity contribution in [2.45, 2.75) is 25.5 Å². The molecule has 2 amide bonds. The van der Waals surface area contributed by atoms with E-state index in [1.54, 1.807) is 31.4 Å². The van der Waals surface area contributed by atoms with Gasteiger partial charge >= 0.3 is 0 Å². The van der Waals surface area contributed by atoms with Crippen LogP contribution in [0.1, 0.15) is 16.7 Å². The topological polar surface area (TPSA) is 82.4 Å². The number of amides is 2. The molecule has 0 spiro atoms. The normalized spacial score (nSPS) is 16.5. The SMILES string of the molecule is COc1cccc(CC2S/C(=C(/C#N)C(=O)Nc3ccccc3Cl)N(c3ccc(C)c(C)c3)C2=O)c1. The molecule has 0 radical (unpaired) electrons. The van der Waals surface area contributed by atoms with Crippen molar-refractivity contribution in [3.8, 4) is 11.8 Å². The molecule has 1 aliphatic rings. The van der Waals surface area contributed by atoms with Gasteiger partial charge in [-0.05, 0) is 73.4 Å². The molecular weight excluding hydrogens is 494 g/mol. The Balaban J connectivity index is 1.76. The molecule has 36 heavy (non-hydrogen) atoms. The van der Waals surface area contributed by atoms with E-state index in [0.717, 1.165) is 16.7 Å². The van der Waals surface area contributed by atoms with Gasteiger partial charge in [-0.3, -0.25) is 14.5 Å². The Labute approximate surface area is 219 Å². The van der Waals surface area contributed by atoms with Crippen molar-refractivity contribution >= 4 is 46.6 Å². The molecule has 0 aromatic heterocycles. The summed E-state index contributed by atoms with van der Waals surface area (Å²) in [6.45, 7) is 3.94. The van der Waals surface area contributed by atoms with Crippen molar-refractivity contribution in [2.75, 3.05) is 17.3 Å². The minimum Gasteiger partial charge on any atom is -0.497 e. The van der Waals surface area contributed by atoms with Crippen LogP contribution in [0.4, 0.5) is 11.4 Å². The lowest BCUT2D eigenvalue weighted by Crippen LogP contribution is -2.31. The first-order valence-corrected chi connectivity index (χ1v) is 12.5. The van der Waals surface area contributed by atoms with E-state index in [4.69, 9.17) is 16.3 Å². The van der Waals surface area contributed by atoms with Crippen molar-refractivity contribution in [3.63, 3.8) is 0 Å². The van der Waals surface area contributed by atoms with Crippen molar-refractivity contribution in [1.29, 1.82) is 5.26 Å². The highest BCUT2D eigenvalue weighted by molar-refractivity contribution is 8.05. The fourth-order valence-electron chi connectivity index (χ4n) is 3.85. The molecule has 1 aliphatic heterocycles. The average Bonchev–Trinajstić information content (AvgIpc) is 3.18. The summed E-state index contributed by atoms with van der Waals surface area (Å²) in [6, 6.07) is 22.0. The van der Waals surface area contributed by atoms with Gasteiger partial charge in [0.2, 0.25) is 5.91 Å². The number of nitrogens with zero attached hydrogens (tertiary/aromatic N) is 2. The number of halogens is 1. The fraction of sp³-hybridized carbons (Fsp3) is 0.179. The van der Waals surface area contributed by atoms with Crippen LogP contribution in [0.3, 0.4) is 0 Å². The van der Waals surface area contributed by atoms with Crippen molar-refractivity contribution in [1.82, 2.24) is 0 Å². The first-order chi connectivity index (χ1) is 17.3. The summed E-state index contributed by atoms with van der Waals surface area (Å²) < 4.78 is 5.32. The van der Waals surface area contributed by atoms with Gasteiger partial charge in [-0.25, -0.2) is 0 Å². The summed E-state index contributed by atoms with van der Waals surface area (Å²) in [7, 11) is 1.59. The van der Waals surface area contributed by atoms with Crippen molar-refractivity contribution in [3.05, 3.63) is 99.0 Å². The molecule has 1 saturated heterocycles. The molecule has 1 unspecified atom stereocenters. The monoisotopic (exact) mass is 517 g/mol. The first-order valence-electron chi connectivity index (χ1n) is 11.2. The second-order valence-electron chi connectivity index (χ2n) is 8.33. The minimum atomic E-state index is -0.628. The van der Waals surface area contributed by atoms with Gasteiger partial charge in [0.25, 0.3) is 5.91 Å². The Bertz CT molecular complexity index is 1410. The van der Waals surface area contributed by atoms with Gasteiger partial charge in [0.1, 0.15) is 22.4 Å². The van der Waals surface area contributed by atoms with Crippen LogP contribution in [-0.2, 0) is 16.0 Å². The quantitative estimate of drug-likeness (QED) is 0.319. The number of carbonyl (C=O) groups excluding carboxylic acids is 2.